The molecule has 4 fully saturated rings. The zero-order valence-corrected chi connectivity index (χ0v) is 10.1. The molecule has 4 saturated carbocycles. The molecule has 0 aromatic rings. The molecule has 0 heterocycles. The Balaban J connectivity index is 1.83. The van der Waals surface area contributed by atoms with Gasteiger partial charge >= 0.3 is 0 Å². The van der Waals surface area contributed by atoms with Crippen LogP contribution >= 0.6 is 31.5 Å². The Labute approximate surface area is 92.5 Å². The fourth-order valence-corrected chi connectivity index (χ4v) is 7.46. The van der Waals surface area contributed by atoms with Crippen molar-refractivity contribution in [3.05, 3.63) is 0 Å². The molecule has 4 rings (SSSR count). The minimum absolute atomic E-state index is 0.598. The van der Waals surface area contributed by atoms with Gasteiger partial charge in [0.25, 0.3) is 0 Å². The zero-order chi connectivity index (χ0) is 8.89. The summed E-state index contributed by atoms with van der Waals surface area (Å²) in [6.45, 7) is 0. The van der Waals surface area contributed by atoms with Gasteiger partial charge in [-0.3, -0.25) is 0 Å². The maximum Gasteiger partial charge on any atom is 0.0283 e. The smallest absolute Gasteiger partial charge is 0.0283 e. The van der Waals surface area contributed by atoms with Crippen LogP contribution in [0.15, 0.2) is 0 Å². The van der Waals surface area contributed by atoms with Crippen molar-refractivity contribution in [1.29, 1.82) is 0 Å². The van der Waals surface area contributed by atoms with Crippen LogP contribution in [0.5, 0.6) is 0 Å². The van der Waals surface area contributed by atoms with Crippen LogP contribution in [0.2, 0.25) is 0 Å². The van der Waals surface area contributed by atoms with Gasteiger partial charge in [-0.25, -0.2) is 0 Å². The fourth-order valence-electron chi connectivity index (χ4n) is 4.20. The minimum atomic E-state index is 0.598. The molecule has 0 amide bonds. The summed E-state index contributed by atoms with van der Waals surface area (Å²) >= 11 is 0. The van der Waals surface area contributed by atoms with E-state index in [2.05, 4.69) is 0 Å². The summed E-state index contributed by atoms with van der Waals surface area (Å²) in [6, 6.07) is 0. The normalized spacial score (nSPS) is 52.8. The van der Waals surface area contributed by atoms with Crippen molar-refractivity contribution in [1.82, 2.24) is 0 Å². The highest BCUT2D eigenvalue weighted by Gasteiger charge is 2.51. The quantitative estimate of drug-likeness (QED) is 0.646. The molecule has 0 atom stereocenters. The molecule has 0 saturated heterocycles. The van der Waals surface area contributed by atoms with Crippen molar-refractivity contribution in [3.8, 4) is 0 Å². The van der Waals surface area contributed by atoms with Crippen LogP contribution in [-0.2, 0) is 0 Å². The molecular formula is C10H15ClS2. The summed E-state index contributed by atoms with van der Waals surface area (Å²) in [6.07, 6.45) is 8.99. The Morgan fingerprint density at radius 1 is 0.923 bits per heavy atom. The maximum absolute atomic E-state index is 5.82. The molecule has 4 aliphatic rings. The average Bonchev–Trinajstić information content (AvgIpc) is 2.00. The van der Waals surface area contributed by atoms with Gasteiger partial charge in [0.1, 0.15) is 0 Å². The first-order chi connectivity index (χ1) is 6.30. The van der Waals surface area contributed by atoms with E-state index < -0.39 is 0 Å². The third kappa shape index (κ3) is 1.53. The van der Waals surface area contributed by atoms with Crippen LogP contribution in [0.4, 0.5) is 0 Å². The predicted molar refractivity (Wildman–Crippen MR) is 61.9 cm³/mol. The van der Waals surface area contributed by atoms with Gasteiger partial charge in [0, 0.05) is 14.8 Å². The van der Waals surface area contributed by atoms with Gasteiger partial charge in [-0.15, -0.1) is 0 Å². The summed E-state index contributed by atoms with van der Waals surface area (Å²) in [5, 5.41) is 0. The van der Waals surface area contributed by atoms with Crippen molar-refractivity contribution in [2.75, 3.05) is 0 Å². The van der Waals surface area contributed by atoms with E-state index in [1.54, 1.807) is 0 Å². The molecule has 4 bridgehead atoms. The highest BCUT2D eigenvalue weighted by molar-refractivity contribution is 8.85. The van der Waals surface area contributed by atoms with E-state index in [4.69, 9.17) is 10.7 Å². The van der Waals surface area contributed by atoms with Crippen molar-refractivity contribution in [3.63, 3.8) is 0 Å². The Morgan fingerprint density at radius 3 is 1.77 bits per heavy atom. The van der Waals surface area contributed by atoms with Crippen molar-refractivity contribution in [2.24, 2.45) is 17.8 Å². The minimum Gasteiger partial charge on any atom is -0.0704 e. The van der Waals surface area contributed by atoms with Crippen LogP contribution in [0.25, 0.3) is 0 Å². The average molecular weight is 235 g/mol. The SMILES string of the molecule is ClSSC12CC3CC(CC(C3)C1)C2. The van der Waals surface area contributed by atoms with Gasteiger partial charge in [0.2, 0.25) is 0 Å². The number of rotatable bonds is 2. The van der Waals surface area contributed by atoms with Crippen LogP contribution in [0.1, 0.15) is 38.5 Å². The monoisotopic (exact) mass is 234 g/mol. The van der Waals surface area contributed by atoms with Gasteiger partial charge in [-0.1, -0.05) is 10.8 Å². The van der Waals surface area contributed by atoms with Crippen molar-refractivity contribution >= 4 is 31.5 Å². The lowest BCUT2D eigenvalue weighted by atomic mass is 9.56. The number of hydrogen-bond donors (Lipinski definition) is 0. The third-order valence-corrected chi connectivity index (χ3v) is 6.92. The summed E-state index contributed by atoms with van der Waals surface area (Å²) in [5.74, 6) is 3.17. The molecule has 4 aliphatic carbocycles. The van der Waals surface area contributed by atoms with E-state index in [0.717, 1.165) is 17.8 Å². The van der Waals surface area contributed by atoms with Gasteiger partial charge in [0.05, 0.1) is 0 Å². The third-order valence-electron chi connectivity index (χ3n) is 4.19. The Kier molecular flexibility index (Phi) is 2.30. The van der Waals surface area contributed by atoms with Gasteiger partial charge in [0.15, 0.2) is 0 Å². The highest BCUT2D eigenvalue weighted by Crippen LogP contribution is 2.63. The molecular weight excluding hydrogens is 220 g/mol. The molecule has 0 aliphatic heterocycles. The van der Waals surface area contributed by atoms with E-state index in [9.17, 15) is 0 Å². The molecule has 0 spiro atoms. The van der Waals surface area contributed by atoms with Crippen molar-refractivity contribution < 1.29 is 0 Å². The van der Waals surface area contributed by atoms with Crippen LogP contribution < -0.4 is 0 Å². The molecule has 0 radical (unpaired) electrons. The number of hydrogen-bond acceptors (Lipinski definition) is 2. The van der Waals surface area contributed by atoms with Crippen molar-refractivity contribution in [2.45, 2.75) is 43.3 Å². The largest absolute Gasteiger partial charge is 0.0704 e. The van der Waals surface area contributed by atoms with E-state index in [1.807, 2.05) is 10.8 Å². The zero-order valence-electron chi connectivity index (χ0n) is 7.67. The Hall–Kier alpha value is 0.990. The standard InChI is InChI=1S/C10H15ClS2/c11-13-12-10-4-7-1-8(5-10)3-9(2-7)6-10/h7-9H,1-6H2. The molecule has 0 aromatic carbocycles. The van der Waals surface area contributed by atoms with Gasteiger partial charge in [-0.05, 0) is 67.0 Å². The molecule has 0 N–H and O–H groups in total. The fraction of sp³-hybridized carbons (Fsp3) is 1.00. The Bertz CT molecular complexity index is 182. The molecule has 3 heteroatoms. The summed E-state index contributed by atoms with van der Waals surface area (Å²) < 4.78 is 0.598. The first-order valence-corrected chi connectivity index (χ1v) is 8.24. The molecule has 0 nitrogen and oxygen atoms in total. The van der Waals surface area contributed by atoms with E-state index >= 15 is 0 Å². The van der Waals surface area contributed by atoms with E-state index in [-0.39, 0.29) is 0 Å². The second-order valence-electron chi connectivity index (χ2n) is 5.25. The Morgan fingerprint density at radius 2 is 1.38 bits per heavy atom. The van der Waals surface area contributed by atoms with Crippen LogP contribution in [-0.4, -0.2) is 4.75 Å². The first-order valence-electron chi connectivity index (χ1n) is 5.26. The van der Waals surface area contributed by atoms with E-state index in [1.165, 1.54) is 48.5 Å². The maximum atomic E-state index is 5.82. The van der Waals surface area contributed by atoms with Gasteiger partial charge < -0.3 is 0 Å². The summed E-state index contributed by atoms with van der Waals surface area (Å²) in [4.78, 5) is 0. The topological polar surface area (TPSA) is 0 Å². The highest BCUT2D eigenvalue weighted by atomic mass is 35.7. The first kappa shape index (κ1) is 9.23. The lowest BCUT2D eigenvalue weighted by molar-refractivity contribution is 0.0390. The van der Waals surface area contributed by atoms with Gasteiger partial charge in [-0.2, -0.15) is 0 Å². The molecule has 0 aromatic heterocycles. The number of halogens is 1. The second-order valence-corrected chi connectivity index (χ2v) is 8.42. The lowest BCUT2D eigenvalue weighted by Gasteiger charge is -2.55. The lowest BCUT2D eigenvalue weighted by Crippen LogP contribution is -2.48. The van der Waals surface area contributed by atoms with E-state index in [0.29, 0.717) is 4.75 Å². The second kappa shape index (κ2) is 3.24. The molecule has 74 valence electrons. The predicted octanol–water partition coefficient (Wildman–Crippen LogP) is 4.49. The van der Waals surface area contributed by atoms with Crippen LogP contribution in [0.3, 0.4) is 0 Å². The summed E-state index contributed by atoms with van der Waals surface area (Å²) in [5.41, 5.74) is 0. The van der Waals surface area contributed by atoms with Crippen LogP contribution in [0, 0.1) is 17.8 Å². The molecule has 0 unspecified atom stereocenters. The summed E-state index contributed by atoms with van der Waals surface area (Å²) in [7, 11) is 9.27. The molecule has 13 heavy (non-hydrogen) atoms.